The molecule has 1 heterocycles. The van der Waals surface area contributed by atoms with Crippen LogP contribution >= 0.6 is 0 Å². The molecule has 8 heteroatoms. The first kappa shape index (κ1) is 20.0. The fourth-order valence-corrected chi connectivity index (χ4v) is 4.97. The van der Waals surface area contributed by atoms with Crippen molar-refractivity contribution in [3.05, 3.63) is 42.0 Å². The minimum absolute atomic E-state index is 0.0870. The summed E-state index contributed by atoms with van der Waals surface area (Å²) in [4.78, 5) is 37.3. The van der Waals surface area contributed by atoms with Gasteiger partial charge < -0.3 is 24.8 Å². The van der Waals surface area contributed by atoms with Gasteiger partial charge in [-0.05, 0) is 18.1 Å². The lowest BCUT2D eigenvalue weighted by Crippen LogP contribution is -2.37. The summed E-state index contributed by atoms with van der Waals surface area (Å²) in [6, 6.07) is 1.95. The van der Waals surface area contributed by atoms with E-state index >= 15 is 0 Å². The third-order valence-electron chi connectivity index (χ3n) is 6.56. The van der Waals surface area contributed by atoms with E-state index in [1.54, 1.807) is 6.92 Å². The molecule has 3 aliphatic rings. The Morgan fingerprint density at radius 2 is 1.77 bits per heavy atom. The topological polar surface area (TPSA) is 130 Å². The number of Topliss-reactive ketones (excluding diaryl/α,β-unsaturated/α-hetero) is 1. The van der Waals surface area contributed by atoms with E-state index in [2.05, 4.69) is 13.2 Å². The summed E-state index contributed by atoms with van der Waals surface area (Å²) >= 11 is 0. The first-order valence-electron chi connectivity index (χ1n) is 9.66. The molecule has 3 N–H and O–H groups in total. The van der Waals surface area contributed by atoms with Crippen LogP contribution in [0.3, 0.4) is 0 Å². The summed E-state index contributed by atoms with van der Waals surface area (Å²) in [5, 5.41) is 28.8. The molecule has 2 saturated carbocycles. The van der Waals surface area contributed by atoms with Crippen molar-refractivity contribution < 1.29 is 39.2 Å². The van der Waals surface area contributed by atoms with Crippen LogP contribution in [-0.2, 0) is 19.1 Å². The smallest absolute Gasteiger partial charge is 0.338 e. The monoisotopic (exact) mass is 414 g/mol. The van der Waals surface area contributed by atoms with E-state index in [4.69, 9.17) is 9.47 Å². The average Bonchev–Trinajstić information content (AvgIpc) is 3.10. The molecule has 0 bridgehead atoms. The maximum absolute atomic E-state index is 12.7. The third-order valence-corrected chi connectivity index (χ3v) is 6.56. The molecule has 30 heavy (non-hydrogen) atoms. The quantitative estimate of drug-likeness (QED) is 0.291. The van der Waals surface area contributed by atoms with Crippen molar-refractivity contribution >= 4 is 17.7 Å². The number of carbonyl (C=O) groups excluding carboxylic acids is 3. The van der Waals surface area contributed by atoms with E-state index in [0.717, 1.165) is 17.7 Å². The number of aromatic hydroxyl groups is 3. The summed E-state index contributed by atoms with van der Waals surface area (Å²) in [6.07, 6.45) is -0.951. The number of hydrogen-bond acceptors (Lipinski definition) is 8. The van der Waals surface area contributed by atoms with Crippen molar-refractivity contribution in [2.24, 2.45) is 23.7 Å². The minimum atomic E-state index is -0.861. The van der Waals surface area contributed by atoms with Crippen LogP contribution in [0.4, 0.5) is 0 Å². The van der Waals surface area contributed by atoms with Gasteiger partial charge >= 0.3 is 11.9 Å². The lowest BCUT2D eigenvalue weighted by atomic mass is 9.79. The number of phenols is 3. The highest BCUT2D eigenvalue weighted by Crippen LogP contribution is 2.52. The predicted octanol–water partition coefficient (Wildman–Crippen LogP) is 2.23. The SMILES string of the molecule is C=C1CC(OC(=O)c2cc(O)c(O)c(O)c2)C2C(=C)C(=O)OC2C2C(C)C(=O)CC12. The second-order valence-electron chi connectivity index (χ2n) is 8.23. The molecule has 1 aliphatic heterocycles. The van der Waals surface area contributed by atoms with Gasteiger partial charge in [0.25, 0.3) is 0 Å². The molecule has 4 rings (SSSR count). The molecule has 2 aliphatic carbocycles. The van der Waals surface area contributed by atoms with Crippen molar-refractivity contribution in [1.29, 1.82) is 0 Å². The van der Waals surface area contributed by atoms with E-state index in [1.807, 2.05) is 0 Å². The Balaban J connectivity index is 1.67. The fraction of sp³-hybridized carbons (Fsp3) is 0.409. The highest BCUT2D eigenvalue weighted by atomic mass is 16.6. The Labute approximate surface area is 172 Å². The van der Waals surface area contributed by atoms with E-state index in [1.165, 1.54) is 0 Å². The summed E-state index contributed by atoms with van der Waals surface area (Å²) < 4.78 is 11.2. The number of hydrogen-bond donors (Lipinski definition) is 3. The Morgan fingerprint density at radius 3 is 2.40 bits per heavy atom. The van der Waals surface area contributed by atoms with Crippen molar-refractivity contribution in [1.82, 2.24) is 0 Å². The lowest BCUT2D eigenvalue weighted by molar-refractivity contribution is -0.143. The molecule has 1 aromatic carbocycles. The first-order valence-corrected chi connectivity index (χ1v) is 9.66. The van der Waals surface area contributed by atoms with Crippen molar-refractivity contribution in [2.45, 2.75) is 32.0 Å². The van der Waals surface area contributed by atoms with Crippen LogP contribution < -0.4 is 0 Å². The van der Waals surface area contributed by atoms with Crippen LogP contribution in [0.1, 0.15) is 30.1 Å². The van der Waals surface area contributed by atoms with E-state index in [-0.39, 0.29) is 41.1 Å². The molecule has 8 nitrogen and oxygen atoms in total. The molecule has 158 valence electrons. The number of ether oxygens (including phenoxy) is 2. The third kappa shape index (κ3) is 2.94. The van der Waals surface area contributed by atoms with Gasteiger partial charge in [0.05, 0.1) is 11.5 Å². The van der Waals surface area contributed by atoms with Gasteiger partial charge in [0.2, 0.25) is 0 Å². The van der Waals surface area contributed by atoms with Crippen LogP contribution in [0.2, 0.25) is 0 Å². The zero-order valence-corrected chi connectivity index (χ0v) is 16.3. The number of benzene rings is 1. The van der Waals surface area contributed by atoms with Gasteiger partial charge in [0.1, 0.15) is 18.0 Å². The van der Waals surface area contributed by atoms with Crippen molar-refractivity contribution in [3.8, 4) is 17.2 Å². The number of phenolic OH excluding ortho intramolecular Hbond substituents is 3. The maximum atomic E-state index is 12.7. The Bertz CT molecular complexity index is 970. The molecule has 1 aromatic rings. The maximum Gasteiger partial charge on any atom is 0.338 e. The first-order chi connectivity index (χ1) is 14.1. The fourth-order valence-electron chi connectivity index (χ4n) is 4.97. The van der Waals surface area contributed by atoms with Crippen LogP contribution in [0.15, 0.2) is 36.4 Å². The Hall–Kier alpha value is -3.29. The van der Waals surface area contributed by atoms with Crippen LogP contribution in [0, 0.1) is 23.7 Å². The van der Waals surface area contributed by atoms with E-state index in [0.29, 0.717) is 6.42 Å². The second-order valence-corrected chi connectivity index (χ2v) is 8.23. The van der Waals surface area contributed by atoms with Gasteiger partial charge in [-0.15, -0.1) is 0 Å². The molecule has 6 atom stereocenters. The summed E-state index contributed by atoms with van der Waals surface area (Å²) in [7, 11) is 0. The van der Waals surface area contributed by atoms with E-state index in [9.17, 15) is 29.7 Å². The number of carbonyl (C=O) groups is 3. The standard InChI is InChI=1S/C22H22O8/c1-8-4-16(29-22(28)11-5-14(24)19(26)15(25)6-11)18-10(3)21(27)30-20(18)17-9(2)13(23)7-12(8)17/h5-6,9,12,16-18,20,24-26H,1,3-4,7H2,2H3. The van der Waals surface area contributed by atoms with Crippen LogP contribution in [0.25, 0.3) is 0 Å². The molecular formula is C22H22O8. The molecule has 1 saturated heterocycles. The second kappa shape index (κ2) is 6.90. The average molecular weight is 414 g/mol. The van der Waals surface area contributed by atoms with Gasteiger partial charge in [0, 0.05) is 30.3 Å². The lowest BCUT2D eigenvalue weighted by Gasteiger charge is -2.29. The molecule has 0 amide bonds. The molecule has 0 aromatic heterocycles. The minimum Gasteiger partial charge on any atom is -0.504 e. The van der Waals surface area contributed by atoms with Crippen molar-refractivity contribution in [3.63, 3.8) is 0 Å². The van der Waals surface area contributed by atoms with Crippen molar-refractivity contribution in [2.75, 3.05) is 0 Å². The Kier molecular flexibility index (Phi) is 4.60. The zero-order valence-electron chi connectivity index (χ0n) is 16.3. The van der Waals surface area contributed by atoms with E-state index < -0.39 is 47.3 Å². The van der Waals surface area contributed by atoms with Crippen LogP contribution in [0.5, 0.6) is 17.2 Å². The number of esters is 2. The normalized spacial score (nSPS) is 33.0. The summed E-state index contributed by atoms with van der Waals surface area (Å²) in [6.45, 7) is 9.73. The largest absolute Gasteiger partial charge is 0.504 e. The van der Waals surface area contributed by atoms with Gasteiger partial charge in [-0.2, -0.15) is 0 Å². The highest BCUT2D eigenvalue weighted by Gasteiger charge is 2.57. The zero-order chi connectivity index (χ0) is 21.9. The number of fused-ring (bicyclic) bond motifs is 3. The van der Waals surface area contributed by atoms with Gasteiger partial charge in [-0.1, -0.05) is 25.7 Å². The molecular weight excluding hydrogens is 392 g/mol. The number of rotatable bonds is 2. The molecule has 0 radical (unpaired) electrons. The van der Waals surface area contributed by atoms with Gasteiger partial charge in [0.15, 0.2) is 17.2 Å². The molecule has 6 unspecified atom stereocenters. The molecule has 3 fully saturated rings. The highest BCUT2D eigenvalue weighted by molar-refractivity contribution is 5.93. The van der Waals surface area contributed by atoms with Crippen LogP contribution in [-0.4, -0.2) is 45.2 Å². The predicted molar refractivity (Wildman–Crippen MR) is 103 cm³/mol. The Morgan fingerprint density at radius 1 is 1.13 bits per heavy atom. The number of ketones is 1. The summed E-state index contributed by atoms with van der Waals surface area (Å²) in [5.74, 6) is -4.84. The van der Waals surface area contributed by atoms with Gasteiger partial charge in [-0.25, -0.2) is 9.59 Å². The molecule has 0 spiro atoms. The van der Waals surface area contributed by atoms with Gasteiger partial charge in [-0.3, -0.25) is 4.79 Å². The summed E-state index contributed by atoms with van der Waals surface area (Å²) in [5.41, 5.74) is 0.744.